The van der Waals surface area contributed by atoms with Gasteiger partial charge in [0, 0.05) is 45.9 Å². The van der Waals surface area contributed by atoms with Crippen LogP contribution in [0.3, 0.4) is 0 Å². The molecule has 2 saturated heterocycles. The fraction of sp³-hybridized carbons (Fsp3) is 0.259. The fourth-order valence-corrected chi connectivity index (χ4v) is 6.96. The molecule has 0 radical (unpaired) electrons. The summed E-state index contributed by atoms with van der Waals surface area (Å²) < 4.78 is 0. The van der Waals surface area contributed by atoms with E-state index in [-0.39, 0.29) is 23.3 Å². The average molecular weight is 554 g/mol. The van der Waals surface area contributed by atoms with Gasteiger partial charge in [0.2, 0.25) is 11.8 Å². The molecule has 1 unspecified atom stereocenters. The number of thiophene rings is 1. The molecular weight excluding hydrogens is 533 g/mol. The molecule has 7 nitrogen and oxygen atoms in total. The minimum Gasteiger partial charge on any atom is -0.478 e. The van der Waals surface area contributed by atoms with Crippen molar-refractivity contribution >= 4 is 58.0 Å². The predicted molar refractivity (Wildman–Crippen MR) is 141 cm³/mol. The Morgan fingerprint density at radius 1 is 1.16 bits per heavy atom. The highest BCUT2D eigenvalue weighted by molar-refractivity contribution is 7.10. The van der Waals surface area contributed by atoms with E-state index in [0.29, 0.717) is 40.9 Å². The van der Waals surface area contributed by atoms with Gasteiger partial charge in [-0.15, -0.1) is 11.3 Å². The lowest BCUT2D eigenvalue weighted by Gasteiger charge is -2.31. The number of carbonyl (C=O) groups is 3. The molecule has 3 aromatic rings. The monoisotopic (exact) mass is 553 g/mol. The van der Waals surface area contributed by atoms with Gasteiger partial charge in [-0.3, -0.25) is 14.5 Å². The highest BCUT2D eigenvalue weighted by Crippen LogP contribution is 2.54. The second kappa shape index (κ2) is 9.58. The smallest absolute Gasteiger partial charge is 0.336 e. The van der Waals surface area contributed by atoms with E-state index in [2.05, 4.69) is 11.0 Å². The minimum absolute atomic E-state index is 0.224. The van der Waals surface area contributed by atoms with Crippen LogP contribution in [0.5, 0.6) is 0 Å². The molecule has 0 aliphatic carbocycles. The Morgan fingerprint density at radius 2 is 1.84 bits per heavy atom. The average Bonchev–Trinajstić information content (AvgIpc) is 3.53. The number of hydrogen-bond acceptors (Lipinski definition) is 6. The number of carboxylic acids is 1. The summed E-state index contributed by atoms with van der Waals surface area (Å²) in [6.45, 7) is 3.03. The lowest BCUT2D eigenvalue weighted by atomic mass is 9.68. The fourth-order valence-electron chi connectivity index (χ4n) is 5.55. The number of imide groups is 1. The van der Waals surface area contributed by atoms with E-state index >= 15 is 0 Å². The summed E-state index contributed by atoms with van der Waals surface area (Å²) in [5.74, 6) is -2.60. The van der Waals surface area contributed by atoms with Gasteiger partial charge in [-0.25, -0.2) is 9.69 Å². The number of amides is 2. The highest BCUT2D eigenvalue weighted by Gasteiger charge is 2.65. The van der Waals surface area contributed by atoms with E-state index < -0.39 is 17.3 Å². The number of aromatic carboxylic acids is 1. The Bertz CT molecular complexity index is 1440. The van der Waals surface area contributed by atoms with Crippen molar-refractivity contribution in [2.24, 2.45) is 11.3 Å². The molecule has 2 fully saturated rings. The van der Waals surface area contributed by atoms with E-state index in [0.717, 1.165) is 10.4 Å². The number of rotatable bonds is 5. The SMILES string of the molecule is CC1C(=O)N(c2cc(Cl)cc(Cl)c2)C(=O)[C@]12CN(Cc1cc(C(=O)O)cs1)C[C@H]2c1ccc(C#N)cc1. The standard InChI is InChI=1S/C27H21Cl2N3O4S/c1-15-24(33)32(21-8-19(28)7-20(29)9-21)26(36)27(15)14-31(11-22-6-18(13-37-22)25(34)35)12-23(27)17-4-2-16(10-30)3-5-17/h2-9,13,15,23H,11-12,14H2,1H3,(H,34,35)/t15?,23-,27+/m0/s1. The van der Waals surface area contributed by atoms with Crippen LogP contribution in [0.4, 0.5) is 5.69 Å². The molecule has 10 heteroatoms. The van der Waals surface area contributed by atoms with Crippen LogP contribution in [-0.2, 0) is 16.1 Å². The number of benzene rings is 2. The zero-order valence-electron chi connectivity index (χ0n) is 19.6. The second-order valence-corrected chi connectivity index (χ2v) is 11.3. The van der Waals surface area contributed by atoms with Gasteiger partial charge in [0.1, 0.15) is 0 Å². The maximum Gasteiger partial charge on any atom is 0.336 e. The number of anilines is 1. The number of nitrogens with zero attached hydrogens (tertiary/aromatic N) is 3. The van der Waals surface area contributed by atoms with Gasteiger partial charge in [-0.1, -0.05) is 42.3 Å². The molecule has 2 aliphatic heterocycles. The van der Waals surface area contributed by atoms with Crippen LogP contribution in [0.15, 0.2) is 53.9 Å². The number of halogens is 2. The first-order chi connectivity index (χ1) is 17.6. The van der Waals surface area contributed by atoms with Crippen LogP contribution in [0.25, 0.3) is 0 Å². The first-order valence-corrected chi connectivity index (χ1v) is 13.1. The van der Waals surface area contributed by atoms with Gasteiger partial charge in [0.25, 0.3) is 0 Å². The van der Waals surface area contributed by atoms with Crippen molar-refractivity contribution < 1.29 is 19.5 Å². The Hall–Kier alpha value is -3.22. The Morgan fingerprint density at radius 3 is 2.43 bits per heavy atom. The first-order valence-electron chi connectivity index (χ1n) is 11.5. The van der Waals surface area contributed by atoms with Crippen LogP contribution in [0.1, 0.15) is 39.2 Å². The van der Waals surface area contributed by atoms with Crippen LogP contribution < -0.4 is 4.90 Å². The maximum atomic E-state index is 14.2. The van der Waals surface area contributed by atoms with Gasteiger partial charge in [0.15, 0.2) is 0 Å². The van der Waals surface area contributed by atoms with E-state index in [9.17, 15) is 24.8 Å². The van der Waals surface area contributed by atoms with Crippen molar-refractivity contribution in [2.45, 2.75) is 19.4 Å². The first kappa shape index (κ1) is 25.4. The number of likely N-dealkylation sites (tertiary alicyclic amines) is 1. The van der Waals surface area contributed by atoms with Crippen molar-refractivity contribution in [1.29, 1.82) is 5.26 Å². The van der Waals surface area contributed by atoms with Crippen LogP contribution in [0.2, 0.25) is 10.0 Å². The summed E-state index contributed by atoms with van der Waals surface area (Å²) in [5.41, 5.74) is 0.856. The normalized spacial score (nSPS) is 23.7. The van der Waals surface area contributed by atoms with Crippen LogP contribution in [0, 0.1) is 22.7 Å². The molecule has 0 saturated carbocycles. The van der Waals surface area contributed by atoms with Crippen molar-refractivity contribution in [3.63, 3.8) is 0 Å². The van der Waals surface area contributed by atoms with E-state index in [1.807, 2.05) is 12.1 Å². The van der Waals surface area contributed by atoms with E-state index in [4.69, 9.17) is 23.2 Å². The van der Waals surface area contributed by atoms with Gasteiger partial charge in [0.05, 0.1) is 34.2 Å². The molecule has 1 N–H and O–H groups in total. The molecule has 3 heterocycles. The maximum absolute atomic E-state index is 14.2. The van der Waals surface area contributed by atoms with Gasteiger partial charge in [-0.2, -0.15) is 5.26 Å². The van der Waals surface area contributed by atoms with Gasteiger partial charge < -0.3 is 5.11 Å². The molecule has 3 atom stereocenters. The molecule has 188 valence electrons. The number of carbonyl (C=O) groups excluding carboxylic acids is 2. The number of hydrogen-bond donors (Lipinski definition) is 1. The molecule has 2 amide bonds. The summed E-state index contributed by atoms with van der Waals surface area (Å²) in [6.07, 6.45) is 0. The molecule has 5 rings (SSSR count). The second-order valence-electron chi connectivity index (χ2n) is 9.43. The van der Waals surface area contributed by atoms with Gasteiger partial charge >= 0.3 is 5.97 Å². The summed E-state index contributed by atoms with van der Waals surface area (Å²) in [6, 6.07) is 15.5. The molecule has 1 aromatic heterocycles. The third-order valence-corrected chi connectivity index (χ3v) is 8.70. The third-order valence-electron chi connectivity index (χ3n) is 7.34. The van der Waals surface area contributed by atoms with E-state index in [1.165, 1.54) is 16.2 Å². The Kier molecular flexibility index (Phi) is 6.59. The Labute approximate surface area is 227 Å². The lowest BCUT2D eigenvalue weighted by Crippen LogP contribution is -2.42. The van der Waals surface area contributed by atoms with Gasteiger partial charge in [-0.05, 0) is 42.0 Å². The number of nitriles is 1. The van der Waals surface area contributed by atoms with Crippen molar-refractivity contribution in [2.75, 3.05) is 18.0 Å². The number of carboxylic acid groups (broad SMARTS) is 1. The largest absolute Gasteiger partial charge is 0.478 e. The zero-order chi connectivity index (χ0) is 26.5. The van der Waals surface area contributed by atoms with Crippen LogP contribution in [-0.4, -0.2) is 40.9 Å². The molecule has 37 heavy (non-hydrogen) atoms. The Balaban J connectivity index is 1.56. The molecular formula is C27H21Cl2N3O4S. The zero-order valence-corrected chi connectivity index (χ0v) is 22.0. The van der Waals surface area contributed by atoms with Crippen molar-refractivity contribution in [3.05, 3.63) is 85.5 Å². The summed E-state index contributed by atoms with van der Waals surface area (Å²) >= 11 is 13.7. The summed E-state index contributed by atoms with van der Waals surface area (Å²) in [4.78, 5) is 43.3. The molecule has 2 aliphatic rings. The summed E-state index contributed by atoms with van der Waals surface area (Å²) in [5, 5.41) is 20.8. The third kappa shape index (κ3) is 4.32. The summed E-state index contributed by atoms with van der Waals surface area (Å²) in [7, 11) is 0. The minimum atomic E-state index is -1.06. The molecule has 2 aromatic carbocycles. The van der Waals surface area contributed by atoms with Crippen molar-refractivity contribution in [3.8, 4) is 6.07 Å². The molecule has 0 bridgehead atoms. The topological polar surface area (TPSA) is 102 Å². The van der Waals surface area contributed by atoms with Crippen molar-refractivity contribution in [1.82, 2.24) is 4.90 Å². The molecule has 1 spiro atoms. The predicted octanol–water partition coefficient (Wildman–Crippen LogP) is 5.42. The lowest BCUT2D eigenvalue weighted by molar-refractivity contribution is -0.127. The highest BCUT2D eigenvalue weighted by atomic mass is 35.5. The quantitative estimate of drug-likeness (QED) is 0.423. The van der Waals surface area contributed by atoms with E-state index in [1.54, 1.807) is 48.7 Å². The van der Waals surface area contributed by atoms with Crippen LogP contribution >= 0.6 is 34.5 Å².